The lowest BCUT2D eigenvalue weighted by Crippen LogP contribution is -2.43. The summed E-state index contributed by atoms with van der Waals surface area (Å²) in [7, 11) is -8.98. The maximum Gasteiger partial charge on any atom is 0.250 e. The van der Waals surface area contributed by atoms with Crippen molar-refractivity contribution in [2.45, 2.75) is 87.9 Å². The number of rotatable bonds is 10. The number of nitrogens with zero attached hydrogens (tertiary/aromatic N) is 4. The van der Waals surface area contributed by atoms with Crippen LogP contribution in [0.1, 0.15) is 59.3 Å². The Labute approximate surface area is 379 Å². The van der Waals surface area contributed by atoms with E-state index in [2.05, 4.69) is 63.1 Å². The van der Waals surface area contributed by atoms with Crippen molar-refractivity contribution in [1.82, 2.24) is 9.97 Å². The first-order valence-electron chi connectivity index (χ1n) is 20.2. The molecule has 13 nitrogen and oxygen atoms in total. The molecule has 0 aliphatic carbocycles. The van der Waals surface area contributed by atoms with E-state index in [1.165, 1.54) is 31.2 Å². The summed E-state index contributed by atoms with van der Waals surface area (Å²) in [5.74, 6) is 1.20. The summed E-state index contributed by atoms with van der Waals surface area (Å²) in [6.07, 6.45) is 7.56. The molecule has 7 rings (SSSR count). The molecule has 0 saturated carbocycles. The van der Waals surface area contributed by atoms with Gasteiger partial charge in [0, 0.05) is 60.8 Å². The largest absolute Gasteiger partial charge is 0.542 e. The topological polar surface area (TPSA) is 163 Å². The monoisotopic (exact) mass is 956 g/mol. The Morgan fingerprint density at radius 2 is 1.10 bits per heavy atom. The second-order valence-corrected chi connectivity index (χ2v) is 26.1. The fourth-order valence-electron chi connectivity index (χ4n) is 6.52. The third-order valence-electron chi connectivity index (χ3n) is 11.1. The van der Waals surface area contributed by atoms with Crippen LogP contribution in [-0.4, -0.2) is 90.1 Å². The Bertz CT molecular complexity index is 2160. The highest BCUT2D eigenvalue weighted by molar-refractivity contribution is 7.93. The van der Waals surface area contributed by atoms with Gasteiger partial charge in [-0.1, -0.05) is 44.0 Å². The number of anilines is 4. The first kappa shape index (κ1) is 50.1. The summed E-state index contributed by atoms with van der Waals surface area (Å²) in [5.41, 5.74) is 2.11. The summed E-state index contributed by atoms with van der Waals surface area (Å²) in [6, 6.07) is 21.5. The number of hydrogen-bond donors (Lipinski definition) is 3. The van der Waals surface area contributed by atoms with Gasteiger partial charge in [-0.3, -0.25) is 9.44 Å². The Kier molecular flexibility index (Phi) is 18.3. The number of piperidine rings is 2. The van der Waals surface area contributed by atoms with Crippen LogP contribution in [-0.2, 0) is 24.8 Å². The molecule has 0 unspecified atom stereocenters. The normalized spacial score (nSPS) is 16.6. The number of nitrogens with one attached hydrogen (secondary N) is 2. The molecule has 61 heavy (non-hydrogen) atoms. The average molecular weight is 959 g/mol. The molecule has 3 aliphatic heterocycles. The predicted octanol–water partition coefficient (Wildman–Crippen LogP) is 9.60. The van der Waals surface area contributed by atoms with Crippen molar-refractivity contribution in [3.05, 3.63) is 95.2 Å². The van der Waals surface area contributed by atoms with Gasteiger partial charge in [0.25, 0.3) is 8.32 Å². The van der Waals surface area contributed by atoms with E-state index in [0.29, 0.717) is 73.5 Å². The van der Waals surface area contributed by atoms with Crippen LogP contribution in [0.25, 0.3) is 0 Å². The van der Waals surface area contributed by atoms with Crippen LogP contribution in [0, 0.1) is 0 Å². The summed E-state index contributed by atoms with van der Waals surface area (Å²) in [6.45, 7) is 15.5. The van der Waals surface area contributed by atoms with Crippen molar-refractivity contribution < 1.29 is 31.1 Å². The van der Waals surface area contributed by atoms with E-state index in [9.17, 15) is 21.9 Å². The standard InChI is InChI=1S/C22H32ClN3O3SSi.C16H18ClN3O3S.C4H8O.ClH/c1-22(2,3)31(4,5)29-19-10-11-21(24-16-19)25-30(27,28)20-12-14-26(15-13-20)18-8-6-17(23)7-9-18;17-12-1-3-13(4-2-12)20-9-7-15(8-10-20)24(22,23)19-16-6-5-14(21)11-18-16;1-2-4-5-3-1;/h6-11,16,20H,12-15H2,1-5H3,(H,24,25);1-6,11,15,21H,7-10H2,(H,18,19);1-4H2;1H. The Morgan fingerprint density at radius 3 is 1.43 bits per heavy atom. The number of hydrogen-bond acceptors (Lipinski definition) is 11. The lowest BCUT2D eigenvalue weighted by Gasteiger charge is -2.36. The highest BCUT2D eigenvalue weighted by Crippen LogP contribution is 2.37. The van der Waals surface area contributed by atoms with Gasteiger partial charge in [-0.2, -0.15) is 0 Å². The maximum absolute atomic E-state index is 12.9. The molecule has 3 fully saturated rings. The third kappa shape index (κ3) is 15.1. The van der Waals surface area contributed by atoms with Crippen LogP contribution >= 0.6 is 35.6 Å². The molecule has 4 aromatic rings. The number of ether oxygens (including phenoxy) is 1. The number of benzene rings is 2. The van der Waals surface area contributed by atoms with E-state index < -0.39 is 38.9 Å². The minimum atomic E-state index is -3.51. The number of pyridine rings is 2. The number of aromatic nitrogens is 2. The van der Waals surface area contributed by atoms with Crippen molar-refractivity contribution in [1.29, 1.82) is 0 Å². The van der Waals surface area contributed by atoms with E-state index in [4.69, 9.17) is 32.4 Å². The number of aromatic hydroxyl groups is 1. The lowest BCUT2D eigenvalue weighted by molar-refractivity contribution is 0.198. The molecule has 0 bridgehead atoms. The van der Waals surface area contributed by atoms with Gasteiger partial charge >= 0.3 is 0 Å². The zero-order valence-electron chi connectivity index (χ0n) is 35.4. The van der Waals surface area contributed by atoms with Gasteiger partial charge in [-0.15, -0.1) is 12.4 Å². The fourth-order valence-corrected chi connectivity index (χ4v) is 10.6. The van der Waals surface area contributed by atoms with Crippen molar-refractivity contribution in [2.75, 3.05) is 58.6 Å². The van der Waals surface area contributed by atoms with E-state index >= 15 is 0 Å². The molecule has 3 aliphatic rings. The van der Waals surface area contributed by atoms with Crippen LogP contribution in [0.15, 0.2) is 85.2 Å². The van der Waals surface area contributed by atoms with Crippen LogP contribution < -0.4 is 23.7 Å². The zero-order chi connectivity index (χ0) is 43.6. The molecular weight excluding hydrogens is 899 g/mol. The second-order valence-electron chi connectivity index (χ2n) is 16.6. The van der Waals surface area contributed by atoms with Crippen LogP contribution in [0.2, 0.25) is 28.2 Å². The van der Waals surface area contributed by atoms with Crippen LogP contribution in [0.4, 0.5) is 23.0 Å². The zero-order valence-corrected chi connectivity index (χ0v) is 40.4. The van der Waals surface area contributed by atoms with Gasteiger partial charge in [0.2, 0.25) is 20.0 Å². The highest BCUT2D eigenvalue weighted by atomic mass is 35.5. The molecule has 336 valence electrons. The highest BCUT2D eigenvalue weighted by Gasteiger charge is 2.39. The molecule has 2 aromatic heterocycles. The summed E-state index contributed by atoms with van der Waals surface area (Å²) in [4.78, 5) is 12.5. The van der Waals surface area contributed by atoms with Crippen molar-refractivity contribution >= 4 is 87.0 Å². The maximum atomic E-state index is 12.9. The summed E-state index contributed by atoms with van der Waals surface area (Å²) < 4.78 is 67.0. The quantitative estimate of drug-likeness (QED) is 0.130. The molecule has 5 heterocycles. The van der Waals surface area contributed by atoms with Crippen molar-refractivity contribution in [3.8, 4) is 11.5 Å². The fraction of sp³-hybridized carbons (Fsp3) is 0.476. The van der Waals surface area contributed by atoms with Gasteiger partial charge in [0.05, 0.1) is 22.9 Å². The average Bonchev–Trinajstić information content (AvgIpc) is 3.81. The molecule has 3 N–H and O–H groups in total. The number of sulfonamides is 2. The Morgan fingerprint density at radius 1 is 0.689 bits per heavy atom. The molecule has 0 radical (unpaired) electrons. The summed E-state index contributed by atoms with van der Waals surface area (Å²) in [5, 5.41) is 9.75. The third-order valence-corrected chi connectivity index (χ3v) is 19.7. The molecule has 2 aromatic carbocycles. The lowest BCUT2D eigenvalue weighted by atomic mass is 10.1. The van der Waals surface area contributed by atoms with Gasteiger partial charge in [-0.25, -0.2) is 26.8 Å². The van der Waals surface area contributed by atoms with Gasteiger partial charge in [-0.05, 0) is 129 Å². The van der Waals surface area contributed by atoms with Gasteiger partial charge < -0.3 is 24.1 Å². The minimum absolute atomic E-state index is 0. The van der Waals surface area contributed by atoms with Crippen molar-refractivity contribution in [2.24, 2.45) is 0 Å². The predicted molar refractivity (Wildman–Crippen MR) is 254 cm³/mol. The van der Waals surface area contributed by atoms with Crippen molar-refractivity contribution in [3.63, 3.8) is 0 Å². The Balaban J connectivity index is 0.000000242. The van der Waals surface area contributed by atoms with Gasteiger partial charge in [0.15, 0.2) is 0 Å². The van der Waals surface area contributed by atoms with E-state index in [0.717, 1.165) is 24.6 Å². The van der Waals surface area contributed by atoms with E-state index in [1.807, 2.05) is 48.5 Å². The minimum Gasteiger partial charge on any atom is -0.542 e. The van der Waals surface area contributed by atoms with E-state index in [-0.39, 0.29) is 29.0 Å². The number of halogens is 3. The smallest absolute Gasteiger partial charge is 0.250 e. The summed E-state index contributed by atoms with van der Waals surface area (Å²) >= 11 is 11.8. The molecule has 0 spiro atoms. The second kappa shape index (κ2) is 22.2. The Hall–Kier alpha value is -3.51. The first-order valence-corrected chi connectivity index (χ1v) is 27.0. The van der Waals surface area contributed by atoms with Crippen LogP contribution in [0.3, 0.4) is 0 Å². The SMILES string of the molecule is C1CCOC1.CC(C)(C)[Si](C)(C)Oc1ccc(NS(=O)(=O)C2CCN(c3ccc(Cl)cc3)CC2)nc1.Cl.O=S(=O)(Nc1ccc(O)cn1)C1CCN(c2ccc(Cl)cc2)CC1. The first-order chi connectivity index (χ1) is 28.3. The molecule has 0 amide bonds. The molecule has 0 atom stereocenters. The molecular formula is C42H59Cl3N6O7S2Si. The van der Waals surface area contributed by atoms with E-state index in [1.54, 1.807) is 18.3 Å². The molecule has 3 saturated heterocycles. The van der Waals surface area contributed by atoms with Gasteiger partial charge in [0.1, 0.15) is 23.1 Å². The van der Waals surface area contributed by atoms with Crippen LogP contribution in [0.5, 0.6) is 11.5 Å². The molecule has 19 heteroatoms.